The zero-order chi connectivity index (χ0) is 16.9. The number of aromatic nitrogens is 1. The Bertz CT molecular complexity index is 746. The fraction of sp³-hybridized carbons (Fsp3) is 0.750. The van der Waals surface area contributed by atoms with Crippen LogP contribution in [0.2, 0.25) is 0 Å². The number of rotatable bonds is 5. The summed E-state index contributed by atoms with van der Waals surface area (Å²) in [5.41, 5.74) is 0.527. The highest BCUT2D eigenvalue weighted by atomic mass is 32.2. The maximum absolute atomic E-state index is 12.6. The number of ether oxygens (including phenoxy) is 1. The molecule has 8 heteroatoms. The second-order valence-electron chi connectivity index (χ2n) is 7.28. The number of hydrogen-bond acceptors (Lipinski definition) is 6. The predicted octanol–water partition coefficient (Wildman–Crippen LogP) is 1.04. The van der Waals surface area contributed by atoms with Crippen LogP contribution in [0.25, 0.3) is 0 Å². The van der Waals surface area contributed by atoms with E-state index in [4.69, 9.17) is 9.15 Å². The fourth-order valence-corrected chi connectivity index (χ4v) is 6.16. The highest BCUT2D eigenvalue weighted by molar-refractivity contribution is 7.93. The Labute approximate surface area is 141 Å². The first kappa shape index (κ1) is 16.1. The third-order valence-corrected chi connectivity index (χ3v) is 8.22. The van der Waals surface area contributed by atoms with Crippen LogP contribution in [-0.2, 0) is 14.6 Å². The molecule has 7 nitrogen and oxygen atoms in total. The summed E-state index contributed by atoms with van der Waals surface area (Å²) in [5.74, 6) is 0.736. The molecule has 1 aromatic heterocycles. The molecule has 0 bridgehead atoms. The Hall–Kier alpha value is -1.41. The molecule has 2 saturated heterocycles. The Morgan fingerprint density at radius 3 is 2.75 bits per heavy atom. The fourth-order valence-electron chi connectivity index (χ4n) is 3.76. The van der Waals surface area contributed by atoms with Crippen molar-refractivity contribution in [1.82, 2.24) is 9.88 Å². The summed E-state index contributed by atoms with van der Waals surface area (Å²) in [6.45, 7) is 3.36. The predicted molar refractivity (Wildman–Crippen MR) is 85.3 cm³/mol. The van der Waals surface area contributed by atoms with E-state index in [0.29, 0.717) is 24.6 Å². The molecule has 4 rings (SSSR count). The van der Waals surface area contributed by atoms with Crippen molar-refractivity contribution in [2.45, 2.75) is 30.9 Å². The molecule has 1 saturated carbocycles. The van der Waals surface area contributed by atoms with Crippen molar-refractivity contribution in [3.8, 4) is 0 Å². The van der Waals surface area contributed by atoms with Gasteiger partial charge in [-0.3, -0.25) is 4.79 Å². The van der Waals surface area contributed by atoms with Crippen molar-refractivity contribution < 1.29 is 22.4 Å². The van der Waals surface area contributed by atoms with Crippen LogP contribution in [0, 0.1) is 18.8 Å². The first-order valence-corrected chi connectivity index (χ1v) is 10.1. The largest absolute Gasteiger partial charge is 0.438 e. The minimum Gasteiger partial charge on any atom is -0.438 e. The molecule has 3 aliphatic rings. The minimum atomic E-state index is -3.20. The van der Waals surface area contributed by atoms with Crippen molar-refractivity contribution in [3.63, 3.8) is 0 Å². The number of carbonyl (C=O) groups is 1. The van der Waals surface area contributed by atoms with E-state index in [1.54, 1.807) is 11.8 Å². The molecular weight excluding hydrogens is 332 g/mol. The van der Waals surface area contributed by atoms with Crippen molar-refractivity contribution in [3.05, 3.63) is 17.8 Å². The Morgan fingerprint density at radius 2 is 2.12 bits per heavy atom. The van der Waals surface area contributed by atoms with Gasteiger partial charge in [0.05, 0.1) is 18.1 Å². The molecule has 0 N–H and O–H groups in total. The molecule has 1 spiro atoms. The Morgan fingerprint density at radius 1 is 1.38 bits per heavy atom. The number of nitrogens with zero attached hydrogens (tertiary/aromatic N) is 2. The van der Waals surface area contributed by atoms with Gasteiger partial charge in [-0.2, -0.15) is 0 Å². The summed E-state index contributed by atoms with van der Waals surface area (Å²) in [6, 6.07) is 0. The van der Waals surface area contributed by atoms with E-state index < -0.39 is 14.6 Å². The van der Waals surface area contributed by atoms with E-state index in [9.17, 15) is 13.2 Å². The number of sulfone groups is 1. The molecule has 3 heterocycles. The van der Waals surface area contributed by atoms with Crippen LogP contribution >= 0.6 is 0 Å². The molecule has 3 fully saturated rings. The van der Waals surface area contributed by atoms with E-state index in [1.807, 2.05) is 0 Å². The van der Waals surface area contributed by atoms with Crippen molar-refractivity contribution in [2.24, 2.45) is 11.8 Å². The standard InChI is InChI=1S/C16H22N2O5S/c1-11-14(23-10-17-11)15(19)18-8-16(9-18)13(4-5-24(16,20)21)7-22-6-12-2-3-12/h10,12-13H,2-9H2,1H3/t13-/m1/s1. The van der Waals surface area contributed by atoms with E-state index in [-0.39, 0.29) is 36.4 Å². The molecule has 0 radical (unpaired) electrons. The van der Waals surface area contributed by atoms with Gasteiger partial charge in [0, 0.05) is 25.6 Å². The highest BCUT2D eigenvalue weighted by Gasteiger charge is 2.62. The summed E-state index contributed by atoms with van der Waals surface area (Å²) in [6.07, 6.45) is 4.29. The van der Waals surface area contributed by atoms with Crippen LogP contribution in [0.3, 0.4) is 0 Å². The lowest BCUT2D eigenvalue weighted by molar-refractivity contribution is 0.0210. The number of aryl methyl sites for hydroxylation is 1. The number of hydrogen-bond donors (Lipinski definition) is 0. The van der Waals surface area contributed by atoms with Gasteiger partial charge in [-0.15, -0.1) is 0 Å². The van der Waals surface area contributed by atoms with Crippen LogP contribution in [0.15, 0.2) is 10.8 Å². The first-order valence-electron chi connectivity index (χ1n) is 8.42. The van der Waals surface area contributed by atoms with Crippen molar-refractivity contribution >= 4 is 15.7 Å². The van der Waals surface area contributed by atoms with E-state index >= 15 is 0 Å². The maximum atomic E-state index is 12.6. The van der Waals surface area contributed by atoms with Crippen molar-refractivity contribution in [1.29, 1.82) is 0 Å². The molecule has 1 amide bonds. The third-order valence-electron chi connectivity index (χ3n) is 5.61. The van der Waals surface area contributed by atoms with Crippen LogP contribution in [-0.4, -0.2) is 61.0 Å². The molecular formula is C16H22N2O5S. The second-order valence-corrected chi connectivity index (χ2v) is 9.73. The number of likely N-dealkylation sites (tertiary alicyclic amines) is 1. The summed E-state index contributed by atoms with van der Waals surface area (Å²) in [5, 5.41) is 0. The lowest BCUT2D eigenvalue weighted by Gasteiger charge is -2.49. The molecule has 24 heavy (non-hydrogen) atoms. The quantitative estimate of drug-likeness (QED) is 0.785. The van der Waals surface area contributed by atoms with Crippen LogP contribution in [0.1, 0.15) is 35.5 Å². The van der Waals surface area contributed by atoms with Gasteiger partial charge in [0.2, 0.25) is 5.76 Å². The summed E-state index contributed by atoms with van der Waals surface area (Å²) >= 11 is 0. The molecule has 0 unspecified atom stereocenters. The van der Waals surface area contributed by atoms with E-state index in [0.717, 1.165) is 6.61 Å². The van der Waals surface area contributed by atoms with Crippen LogP contribution in [0.5, 0.6) is 0 Å². The Balaban J connectivity index is 1.44. The topological polar surface area (TPSA) is 89.7 Å². The van der Waals surface area contributed by atoms with Gasteiger partial charge < -0.3 is 14.1 Å². The average molecular weight is 354 g/mol. The van der Waals surface area contributed by atoms with Gasteiger partial charge in [-0.05, 0) is 32.1 Å². The third kappa shape index (κ3) is 2.47. The maximum Gasteiger partial charge on any atom is 0.291 e. The van der Waals surface area contributed by atoms with E-state index in [2.05, 4.69) is 4.98 Å². The summed E-state index contributed by atoms with van der Waals surface area (Å²) in [4.78, 5) is 17.9. The normalized spacial score (nSPS) is 27.4. The number of amides is 1. The number of oxazole rings is 1. The molecule has 132 valence electrons. The molecule has 1 atom stereocenters. The summed E-state index contributed by atoms with van der Waals surface area (Å²) in [7, 11) is -3.20. The van der Waals surface area contributed by atoms with Crippen LogP contribution < -0.4 is 0 Å². The molecule has 2 aliphatic heterocycles. The zero-order valence-corrected chi connectivity index (χ0v) is 14.5. The first-order chi connectivity index (χ1) is 11.4. The van der Waals surface area contributed by atoms with Gasteiger partial charge in [0.25, 0.3) is 5.91 Å². The smallest absolute Gasteiger partial charge is 0.291 e. The highest BCUT2D eigenvalue weighted by Crippen LogP contribution is 2.45. The minimum absolute atomic E-state index is 0.0267. The van der Waals surface area contributed by atoms with E-state index in [1.165, 1.54) is 19.2 Å². The lowest BCUT2D eigenvalue weighted by atomic mass is 9.83. The van der Waals surface area contributed by atoms with Gasteiger partial charge in [-0.1, -0.05) is 0 Å². The van der Waals surface area contributed by atoms with Gasteiger partial charge in [0.15, 0.2) is 16.2 Å². The SMILES string of the molecule is Cc1ncoc1C(=O)N1CC2(C1)[C@@H](COCC1CC1)CCS2(=O)=O. The molecule has 1 aliphatic carbocycles. The Kier molecular flexibility index (Phi) is 3.72. The molecule has 1 aromatic rings. The lowest BCUT2D eigenvalue weighted by Crippen LogP contribution is -2.68. The molecule has 0 aromatic carbocycles. The average Bonchev–Trinajstić information content (AvgIpc) is 3.14. The van der Waals surface area contributed by atoms with Gasteiger partial charge >= 0.3 is 0 Å². The zero-order valence-electron chi connectivity index (χ0n) is 13.7. The van der Waals surface area contributed by atoms with Gasteiger partial charge in [0.1, 0.15) is 4.75 Å². The summed E-state index contributed by atoms with van der Waals surface area (Å²) < 4.78 is 35.2. The monoisotopic (exact) mass is 354 g/mol. The number of carbonyl (C=O) groups excluding carboxylic acids is 1. The van der Waals surface area contributed by atoms with Crippen molar-refractivity contribution in [2.75, 3.05) is 32.1 Å². The van der Waals surface area contributed by atoms with Gasteiger partial charge in [-0.25, -0.2) is 13.4 Å². The van der Waals surface area contributed by atoms with Crippen LogP contribution in [0.4, 0.5) is 0 Å². The second kappa shape index (κ2) is 5.56.